The topological polar surface area (TPSA) is 116 Å². The molecule has 8 rings (SSSR count). The van der Waals surface area contributed by atoms with Crippen molar-refractivity contribution in [1.82, 2.24) is 19.1 Å². The van der Waals surface area contributed by atoms with Crippen LogP contribution in [0.25, 0.3) is 22.3 Å². The third kappa shape index (κ3) is 9.97. The van der Waals surface area contributed by atoms with Crippen molar-refractivity contribution in [3.8, 4) is 52.1 Å². The Morgan fingerprint density at radius 2 is 1.27 bits per heavy atom. The van der Waals surface area contributed by atoms with Crippen molar-refractivity contribution in [2.45, 2.75) is 39.5 Å². The zero-order valence-electron chi connectivity index (χ0n) is 33.8. The number of rotatable bonds is 10. The lowest BCUT2D eigenvalue weighted by atomic mass is 9.95. The van der Waals surface area contributed by atoms with Crippen LogP contribution in [0.3, 0.4) is 0 Å². The van der Waals surface area contributed by atoms with Gasteiger partial charge in [0.05, 0.1) is 66.1 Å². The van der Waals surface area contributed by atoms with Crippen LogP contribution in [0.2, 0.25) is 0 Å². The van der Waals surface area contributed by atoms with Crippen molar-refractivity contribution >= 4 is 0 Å². The summed E-state index contributed by atoms with van der Waals surface area (Å²) in [5.74, 6) is 2.33. The first kappa shape index (κ1) is 41.9. The molecule has 0 aliphatic rings. The van der Waals surface area contributed by atoms with Gasteiger partial charge in [-0.15, -0.1) is 0 Å². The maximum Gasteiger partial charge on any atom is 0.417 e. The number of benzene rings is 6. The summed E-state index contributed by atoms with van der Waals surface area (Å²) in [5.41, 5.74) is 8.52. The molecule has 62 heavy (non-hydrogen) atoms. The molecule has 2 aromatic heterocycles. The van der Waals surface area contributed by atoms with Gasteiger partial charge in [-0.25, -0.2) is 9.97 Å². The van der Waals surface area contributed by atoms with Crippen LogP contribution in [-0.2, 0) is 25.7 Å². The Hall–Kier alpha value is -8.20. The maximum atomic E-state index is 13.4. The summed E-state index contributed by atoms with van der Waals surface area (Å²) in [7, 11) is 0. The smallest absolute Gasteiger partial charge is 0.417 e. The zero-order chi connectivity index (χ0) is 43.6. The van der Waals surface area contributed by atoms with E-state index in [9.17, 15) is 18.4 Å². The van der Waals surface area contributed by atoms with Crippen molar-refractivity contribution in [2.24, 2.45) is 0 Å². The number of nitrogens with zero attached hydrogens (tertiary/aromatic N) is 7. The van der Waals surface area contributed by atoms with E-state index in [0.717, 1.165) is 40.0 Å². The van der Waals surface area contributed by atoms with Gasteiger partial charge in [0.2, 0.25) is 5.88 Å². The largest absolute Gasteiger partial charge is 0.439 e. The van der Waals surface area contributed by atoms with Crippen molar-refractivity contribution in [2.75, 3.05) is 0 Å². The molecule has 0 fully saturated rings. The first-order valence-corrected chi connectivity index (χ1v) is 19.6. The molecule has 304 valence electrons. The van der Waals surface area contributed by atoms with E-state index in [4.69, 9.17) is 15.3 Å². The average molecular weight is 822 g/mol. The standard InChI is InChI=1S/C26H17F3N4.C25H21N3O/c27-26(28,29)25-4-2-1-3-24(25)20-9-10-21(22(12-20)14-31)16-33-17-32-15-23(33)11-18-5-7-19(13-30)8-6-18;1-18-5-3-4-6-24(18)22-11-13-23(14-12-22)29-25-16-27-19(2)28(25)17-21-9-7-20(15-26)8-10-21/h1-10,12,15,17H,11,16H2;3-14,16H,17H2,1-2H3. The molecule has 0 saturated heterocycles. The van der Waals surface area contributed by atoms with Crippen molar-refractivity contribution < 1.29 is 17.9 Å². The van der Waals surface area contributed by atoms with E-state index in [2.05, 4.69) is 65.4 Å². The van der Waals surface area contributed by atoms with Crippen LogP contribution in [0.1, 0.15) is 56.0 Å². The molecule has 0 unspecified atom stereocenters. The van der Waals surface area contributed by atoms with Crippen LogP contribution in [0.15, 0.2) is 158 Å². The van der Waals surface area contributed by atoms with Crippen molar-refractivity contribution in [3.63, 3.8) is 0 Å². The van der Waals surface area contributed by atoms with Gasteiger partial charge in [0.25, 0.3) is 0 Å². The summed E-state index contributed by atoms with van der Waals surface area (Å²) >= 11 is 0. The Balaban J connectivity index is 0.000000188. The van der Waals surface area contributed by atoms with Gasteiger partial charge in [-0.1, -0.05) is 91.0 Å². The molecule has 11 heteroatoms. The van der Waals surface area contributed by atoms with Crippen LogP contribution < -0.4 is 4.74 Å². The van der Waals surface area contributed by atoms with Crippen LogP contribution in [-0.4, -0.2) is 19.1 Å². The fraction of sp³-hybridized carbons (Fsp3) is 0.118. The summed E-state index contributed by atoms with van der Waals surface area (Å²) in [4.78, 5) is 8.62. The second-order valence-electron chi connectivity index (χ2n) is 14.5. The highest BCUT2D eigenvalue weighted by Crippen LogP contribution is 2.37. The third-order valence-corrected chi connectivity index (χ3v) is 10.4. The Morgan fingerprint density at radius 3 is 1.92 bits per heavy atom. The predicted octanol–water partition coefficient (Wildman–Crippen LogP) is 11.8. The molecule has 0 N–H and O–H groups in total. The average Bonchev–Trinajstić information content (AvgIpc) is 3.88. The molecule has 2 heterocycles. The minimum atomic E-state index is -4.49. The number of halogens is 3. The third-order valence-electron chi connectivity index (χ3n) is 10.4. The molecular weight excluding hydrogens is 784 g/mol. The van der Waals surface area contributed by atoms with E-state index in [1.807, 2.05) is 70.7 Å². The highest BCUT2D eigenvalue weighted by Gasteiger charge is 2.33. The van der Waals surface area contributed by atoms with E-state index in [0.29, 0.717) is 53.2 Å². The van der Waals surface area contributed by atoms with Crippen molar-refractivity contribution in [3.05, 3.63) is 214 Å². The lowest BCUT2D eigenvalue weighted by Gasteiger charge is -2.15. The van der Waals surface area contributed by atoms with Gasteiger partial charge in [-0.3, -0.25) is 4.57 Å². The Morgan fingerprint density at radius 1 is 0.645 bits per heavy atom. The fourth-order valence-corrected chi connectivity index (χ4v) is 7.00. The Labute approximate surface area is 357 Å². The SMILES string of the molecule is Cc1ccccc1-c1ccc(Oc2cnc(C)n2Cc2ccc(C#N)cc2)cc1.N#Cc1ccc(Cc2cncn2Cc2ccc(-c3ccccc3C(F)(F)F)cc2C#N)cc1. The van der Waals surface area contributed by atoms with Gasteiger partial charge < -0.3 is 9.30 Å². The molecule has 0 bridgehead atoms. The van der Waals surface area contributed by atoms with Gasteiger partial charge >= 0.3 is 6.18 Å². The Kier molecular flexibility index (Phi) is 12.7. The summed E-state index contributed by atoms with van der Waals surface area (Å²) in [6.07, 6.45) is 1.24. The summed E-state index contributed by atoms with van der Waals surface area (Å²) in [5, 5.41) is 27.6. The zero-order valence-corrected chi connectivity index (χ0v) is 33.8. The number of hydrogen-bond donors (Lipinski definition) is 0. The minimum Gasteiger partial charge on any atom is -0.439 e. The number of alkyl halides is 3. The number of ether oxygens (including phenoxy) is 1. The van der Waals surface area contributed by atoms with Gasteiger partial charge in [-0.05, 0) is 107 Å². The van der Waals surface area contributed by atoms with E-state index in [1.54, 1.807) is 49.1 Å². The number of aryl methyl sites for hydroxylation is 2. The number of nitriles is 3. The summed E-state index contributed by atoms with van der Waals surface area (Å²) in [6.45, 7) is 5.06. The second-order valence-corrected chi connectivity index (χ2v) is 14.5. The molecule has 0 radical (unpaired) electrons. The quantitative estimate of drug-likeness (QED) is 0.136. The number of aromatic nitrogens is 4. The molecule has 0 amide bonds. The predicted molar refractivity (Wildman–Crippen MR) is 231 cm³/mol. The van der Waals surface area contributed by atoms with Gasteiger partial charge in [0, 0.05) is 18.3 Å². The van der Waals surface area contributed by atoms with Crippen LogP contribution in [0.4, 0.5) is 13.2 Å². The van der Waals surface area contributed by atoms with Crippen LogP contribution in [0, 0.1) is 47.8 Å². The normalized spacial score (nSPS) is 10.8. The van der Waals surface area contributed by atoms with E-state index < -0.39 is 11.7 Å². The molecule has 0 aliphatic heterocycles. The molecule has 0 atom stereocenters. The number of hydrogen-bond acceptors (Lipinski definition) is 6. The molecule has 8 aromatic rings. The number of imidazole rings is 2. The molecular formula is C51H38F3N7O. The highest BCUT2D eigenvalue weighted by molar-refractivity contribution is 5.70. The monoisotopic (exact) mass is 821 g/mol. The fourth-order valence-electron chi connectivity index (χ4n) is 7.00. The maximum absolute atomic E-state index is 13.4. The lowest BCUT2D eigenvalue weighted by Crippen LogP contribution is -2.08. The molecule has 0 saturated carbocycles. The molecule has 0 aliphatic carbocycles. The minimum absolute atomic E-state index is 0.0391. The molecule has 0 spiro atoms. The van der Waals surface area contributed by atoms with E-state index in [-0.39, 0.29) is 5.56 Å². The second kappa shape index (κ2) is 18.8. The van der Waals surface area contributed by atoms with Crippen LogP contribution >= 0.6 is 0 Å². The molecule has 8 nitrogen and oxygen atoms in total. The first-order valence-electron chi connectivity index (χ1n) is 19.6. The first-order chi connectivity index (χ1) is 30.0. The van der Waals surface area contributed by atoms with E-state index in [1.165, 1.54) is 29.3 Å². The van der Waals surface area contributed by atoms with Gasteiger partial charge in [0.15, 0.2) is 0 Å². The summed E-state index contributed by atoms with van der Waals surface area (Å²) in [6, 6.07) is 47.8. The van der Waals surface area contributed by atoms with Gasteiger partial charge in [-0.2, -0.15) is 29.0 Å². The summed E-state index contributed by atoms with van der Waals surface area (Å²) < 4.78 is 50.3. The highest BCUT2D eigenvalue weighted by atomic mass is 19.4. The molecule has 6 aromatic carbocycles. The van der Waals surface area contributed by atoms with E-state index >= 15 is 0 Å². The Bertz CT molecular complexity index is 2940. The van der Waals surface area contributed by atoms with Crippen LogP contribution in [0.5, 0.6) is 11.6 Å². The van der Waals surface area contributed by atoms with Crippen molar-refractivity contribution in [1.29, 1.82) is 15.8 Å². The van der Waals surface area contributed by atoms with Gasteiger partial charge in [0.1, 0.15) is 11.6 Å². The lowest BCUT2D eigenvalue weighted by molar-refractivity contribution is -0.137.